The predicted octanol–water partition coefficient (Wildman–Crippen LogP) is 0.235. The van der Waals surface area contributed by atoms with Gasteiger partial charge in [-0.1, -0.05) is 12.1 Å². The zero-order valence-corrected chi connectivity index (χ0v) is 11.6. The number of hydrogen-bond donors (Lipinski definition) is 2. The molecular formula is C14H23N2O2+. The van der Waals surface area contributed by atoms with Crippen molar-refractivity contribution in [1.29, 1.82) is 0 Å². The van der Waals surface area contributed by atoms with E-state index < -0.39 is 0 Å². The predicted molar refractivity (Wildman–Crippen MR) is 71.7 cm³/mol. The molecule has 4 nitrogen and oxygen atoms in total. The fraction of sp³-hybridized carbons (Fsp3) is 0.500. The number of nitrogens with one attached hydrogen (secondary N) is 2. The number of benzene rings is 1. The number of carbonyl (C=O) groups excluding carboxylic acids is 1. The second-order valence-electron chi connectivity index (χ2n) is 4.88. The van der Waals surface area contributed by atoms with Gasteiger partial charge in [-0.2, -0.15) is 0 Å². The van der Waals surface area contributed by atoms with Gasteiger partial charge in [0, 0.05) is 11.6 Å². The Morgan fingerprint density at radius 1 is 1.44 bits per heavy atom. The molecule has 0 heterocycles. The highest BCUT2D eigenvalue weighted by Crippen LogP contribution is 2.11. The second-order valence-corrected chi connectivity index (χ2v) is 4.88. The van der Waals surface area contributed by atoms with Crippen LogP contribution >= 0.6 is 0 Å². The maximum atomic E-state index is 11.6. The van der Waals surface area contributed by atoms with Gasteiger partial charge in [0.2, 0.25) is 0 Å². The van der Waals surface area contributed by atoms with Crippen molar-refractivity contribution in [3.05, 3.63) is 29.8 Å². The number of amides is 1. The molecule has 1 aromatic carbocycles. The number of quaternary nitrogens is 1. The number of hydrogen-bond acceptors (Lipinski definition) is 2. The van der Waals surface area contributed by atoms with E-state index >= 15 is 0 Å². The molecule has 0 aliphatic carbocycles. The van der Waals surface area contributed by atoms with Crippen molar-refractivity contribution < 1.29 is 14.4 Å². The standard InChI is InChI=1S/C14H22N2O2/c1-11(2)15-14(17)10-16(3)9-12-6-5-7-13(8-12)18-4/h5-8,11H,9-10H2,1-4H3,(H,15,17)/p+1. The third-order valence-corrected chi connectivity index (χ3v) is 2.55. The zero-order valence-electron chi connectivity index (χ0n) is 11.6. The normalized spacial score (nSPS) is 12.3. The van der Waals surface area contributed by atoms with Crippen LogP contribution in [0.15, 0.2) is 24.3 Å². The Labute approximate surface area is 109 Å². The average molecular weight is 251 g/mol. The van der Waals surface area contributed by atoms with Crippen LogP contribution < -0.4 is 15.0 Å². The summed E-state index contributed by atoms with van der Waals surface area (Å²) in [4.78, 5) is 12.8. The number of rotatable bonds is 6. The smallest absolute Gasteiger partial charge is 0.275 e. The lowest BCUT2D eigenvalue weighted by atomic mass is 10.2. The van der Waals surface area contributed by atoms with Gasteiger partial charge in [0.15, 0.2) is 6.54 Å². The summed E-state index contributed by atoms with van der Waals surface area (Å²) in [5.41, 5.74) is 1.17. The second kappa shape index (κ2) is 7.01. The molecule has 100 valence electrons. The van der Waals surface area contributed by atoms with Crippen molar-refractivity contribution in [2.24, 2.45) is 0 Å². The minimum atomic E-state index is 0.0883. The molecule has 1 unspecified atom stereocenters. The Morgan fingerprint density at radius 2 is 2.17 bits per heavy atom. The summed E-state index contributed by atoms with van der Waals surface area (Å²) < 4.78 is 5.18. The van der Waals surface area contributed by atoms with E-state index in [1.54, 1.807) is 7.11 Å². The Morgan fingerprint density at radius 3 is 2.78 bits per heavy atom. The van der Waals surface area contributed by atoms with Crippen LogP contribution in [0, 0.1) is 0 Å². The number of likely N-dealkylation sites (N-methyl/N-ethyl adjacent to an activating group) is 1. The molecular weight excluding hydrogens is 228 g/mol. The van der Waals surface area contributed by atoms with E-state index in [-0.39, 0.29) is 11.9 Å². The number of ether oxygens (including phenoxy) is 1. The van der Waals surface area contributed by atoms with Crippen molar-refractivity contribution in [2.45, 2.75) is 26.4 Å². The van der Waals surface area contributed by atoms with Gasteiger partial charge in [-0.15, -0.1) is 0 Å². The summed E-state index contributed by atoms with van der Waals surface area (Å²) in [6.07, 6.45) is 0. The summed E-state index contributed by atoms with van der Waals surface area (Å²) in [6.45, 7) is 5.22. The van der Waals surface area contributed by atoms with Crippen LogP contribution in [-0.2, 0) is 11.3 Å². The van der Waals surface area contributed by atoms with Crippen LogP contribution in [0.4, 0.5) is 0 Å². The summed E-state index contributed by atoms with van der Waals surface area (Å²) in [5, 5.41) is 2.90. The molecule has 0 aliphatic rings. The third-order valence-electron chi connectivity index (χ3n) is 2.55. The van der Waals surface area contributed by atoms with Gasteiger partial charge in [0.05, 0.1) is 14.2 Å². The highest BCUT2D eigenvalue weighted by Gasteiger charge is 2.11. The molecule has 0 spiro atoms. The van der Waals surface area contributed by atoms with Gasteiger partial charge in [0.1, 0.15) is 12.3 Å². The molecule has 1 atom stereocenters. The molecule has 0 radical (unpaired) electrons. The molecule has 0 fully saturated rings. The molecule has 0 saturated carbocycles. The largest absolute Gasteiger partial charge is 0.497 e. The molecule has 2 N–H and O–H groups in total. The van der Waals surface area contributed by atoms with Gasteiger partial charge in [-0.25, -0.2) is 0 Å². The molecule has 1 amide bonds. The summed E-state index contributed by atoms with van der Waals surface area (Å²) in [6, 6.07) is 8.14. The minimum Gasteiger partial charge on any atom is -0.497 e. The van der Waals surface area contributed by atoms with Crippen LogP contribution in [0.3, 0.4) is 0 Å². The summed E-state index contributed by atoms with van der Waals surface area (Å²) >= 11 is 0. The van der Waals surface area contributed by atoms with Crippen LogP contribution in [0.2, 0.25) is 0 Å². The quantitative estimate of drug-likeness (QED) is 0.760. The van der Waals surface area contributed by atoms with Crippen LogP contribution in [0.1, 0.15) is 19.4 Å². The van der Waals surface area contributed by atoms with E-state index in [1.807, 2.05) is 45.2 Å². The fourth-order valence-electron chi connectivity index (χ4n) is 1.84. The van der Waals surface area contributed by atoms with Gasteiger partial charge in [0.25, 0.3) is 5.91 Å². The Kier molecular flexibility index (Phi) is 5.65. The Hall–Kier alpha value is -1.55. The first-order valence-electron chi connectivity index (χ1n) is 6.25. The van der Waals surface area contributed by atoms with E-state index in [0.717, 1.165) is 17.2 Å². The van der Waals surface area contributed by atoms with E-state index in [9.17, 15) is 4.79 Å². The summed E-state index contributed by atoms with van der Waals surface area (Å²) in [5.74, 6) is 0.942. The molecule has 1 aromatic rings. The van der Waals surface area contributed by atoms with Crippen molar-refractivity contribution >= 4 is 5.91 Å². The Bertz CT molecular complexity index is 391. The van der Waals surface area contributed by atoms with Crippen LogP contribution in [-0.4, -0.2) is 32.7 Å². The van der Waals surface area contributed by atoms with Crippen LogP contribution in [0.25, 0.3) is 0 Å². The highest BCUT2D eigenvalue weighted by molar-refractivity contribution is 5.77. The van der Waals surface area contributed by atoms with Crippen molar-refractivity contribution in [1.82, 2.24) is 5.32 Å². The maximum Gasteiger partial charge on any atom is 0.275 e. The summed E-state index contributed by atoms with van der Waals surface area (Å²) in [7, 11) is 3.67. The average Bonchev–Trinajstić information content (AvgIpc) is 2.27. The highest BCUT2D eigenvalue weighted by atomic mass is 16.5. The van der Waals surface area contributed by atoms with Gasteiger partial charge >= 0.3 is 0 Å². The maximum absolute atomic E-state index is 11.6. The fourth-order valence-corrected chi connectivity index (χ4v) is 1.84. The minimum absolute atomic E-state index is 0.0883. The lowest BCUT2D eigenvalue weighted by Gasteiger charge is -2.15. The topological polar surface area (TPSA) is 42.8 Å². The van der Waals surface area contributed by atoms with E-state index in [1.165, 1.54) is 5.56 Å². The van der Waals surface area contributed by atoms with E-state index in [2.05, 4.69) is 5.32 Å². The lowest BCUT2D eigenvalue weighted by molar-refractivity contribution is -0.885. The van der Waals surface area contributed by atoms with Gasteiger partial charge in [-0.3, -0.25) is 4.79 Å². The first-order chi connectivity index (χ1) is 8.51. The Balaban J connectivity index is 2.48. The lowest BCUT2D eigenvalue weighted by Crippen LogP contribution is -3.09. The van der Waals surface area contributed by atoms with E-state index in [0.29, 0.717) is 6.54 Å². The van der Waals surface area contributed by atoms with Gasteiger partial charge in [-0.05, 0) is 26.0 Å². The molecule has 0 aromatic heterocycles. The number of carbonyl (C=O) groups is 1. The van der Waals surface area contributed by atoms with Crippen LogP contribution in [0.5, 0.6) is 5.75 Å². The first kappa shape index (κ1) is 14.5. The molecule has 18 heavy (non-hydrogen) atoms. The third kappa shape index (κ3) is 5.19. The van der Waals surface area contributed by atoms with E-state index in [4.69, 9.17) is 4.74 Å². The molecule has 0 saturated heterocycles. The number of methoxy groups -OCH3 is 1. The van der Waals surface area contributed by atoms with Crippen molar-refractivity contribution in [2.75, 3.05) is 20.7 Å². The molecule has 0 bridgehead atoms. The van der Waals surface area contributed by atoms with Crippen molar-refractivity contribution in [3.8, 4) is 5.75 Å². The SMILES string of the molecule is COc1cccc(C[NH+](C)CC(=O)NC(C)C)c1. The molecule has 0 aliphatic heterocycles. The zero-order chi connectivity index (χ0) is 13.5. The molecule has 4 heteroatoms. The molecule has 1 rings (SSSR count). The van der Waals surface area contributed by atoms with Crippen molar-refractivity contribution in [3.63, 3.8) is 0 Å². The van der Waals surface area contributed by atoms with Gasteiger partial charge < -0.3 is 15.0 Å². The first-order valence-corrected chi connectivity index (χ1v) is 6.25. The monoisotopic (exact) mass is 251 g/mol.